The van der Waals surface area contributed by atoms with E-state index in [1.807, 2.05) is 22.9 Å². The molecular weight excluding hydrogens is 470 g/mol. The number of nitrogens with zero attached hydrogens (tertiary/aromatic N) is 4. The number of thiophene rings is 2. The topological polar surface area (TPSA) is 122 Å². The fourth-order valence-electron chi connectivity index (χ4n) is 3.28. The van der Waals surface area contributed by atoms with Crippen LogP contribution in [0.5, 0.6) is 0 Å². The molecule has 0 aliphatic rings. The van der Waals surface area contributed by atoms with Crippen molar-refractivity contribution in [2.45, 2.75) is 17.3 Å². The highest BCUT2D eigenvalue weighted by molar-refractivity contribution is 8.00. The fourth-order valence-corrected chi connectivity index (χ4v) is 6.01. The quantitative estimate of drug-likeness (QED) is 0.259. The largest absolute Gasteiger partial charge is 0.384 e. The second-order valence-electron chi connectivity index (χ2n) is 7.16. The molecule has 2 N–H and O–H groups in total. The molecule has 4 aromatic heterocycles. The first-order valence-electron chi connectivity index (χ1n) is 9.42. The molecule has 9 nitrogen and oxygen atoms in total. The Morgan fingerprint density at radius 1 is 1.09 bits per heavy atom. The predicted octanol–water partition coefficient (Wildman–Crippen LogP) is 2.07. The summed E-state index contributed by atoms with van der Waals surface area (Å²) >= 11 is 3.97. The molecule has 0 fully saturated rings. The SMILES string of the molecule is CC(Sc1nc2scc(-c3cccs3)c2c(=O)n1C)C(=O)c1c(N)n(C)c(=O)n(C)c1=O. The van der Waals surface area contributed by atoms with Crippen LogP contribution < -0.4 is 22.5 Å². The van der Waals surface area contributed by atoms with Crippen molar-refractivity contribution in [3.8, 4) is 10.4 Å². The van der Waals surface area contributed by atoms with Gasteiger partial charge in [-0.1, -0.05) is 17.8 Å². The highest BCUT2D eigenvalue weighted by Gasteiger charge is 2.27. The minimum Gasteiger partial charge on any atom is -0.384 e. The number of rotatable bonds is 5. The van der Waals surface area contributed by atoms with Crippen LogP contribution in [0.4, 0.5) is 5.82 Å². The van der Waals surface area contributed by atoms with Crippen molar-refractivity contribution in [3.05, 3.63) is 59.6 Å². The summed E-state index contributed by atoms with van der Waals surface area (Å²) in [4.78, 5) is 56.9. The minimum atomic E-state index is -0.769. The summed E-state index contributed by atoms with van der Waals surface area (Å²) in [6.07, 6.45) is 0. The van der Waals surface area contributed by atoms with E-state index in [9.17, 15) is 19.2 Å². The number of Topliss-reactive ketones (excluding diaryl/α,β-unsaturated/α-hetero) is 1. The molecule has 0 amide bonds. The van der Waals surface area contributed by atoms with Gasteiger partial charge in [-0.05, 0) is 18.4 Å². The zero-order chi connectivity index (χ0) is 23.3. The van der Waals surface area contributed by atoms with Gasteiger partial charge in [-0.3, -0.25) is 28.1 Å². The van der Waals surface area contributed by atoms with Crippen LogP contribution in [0.15, 0.2) is 42.4 Å². The van der Waals surface area contributed by atoms with Crippen LogP contribution in [0, 0.1) is 0 Å². The van der Waals surface area contributed by atoms with Gasteiger partial charge in [-0.2, -0.15) is 0 Å². The summed E-state index contributed by atoms with van der Waals surface area (Å²) in [5.41, 5.74) is 4.93. The van der Waals surface area contributed by atoms with Crippen LogP contribution in [0.2, 0.25) is 0 Å². The van der Waals surface area contributed by atoms with E-state index >= 15 is 0 Å². The monoisotopic (exact) mass is 489 g/mol. The molecule has 166 valence electrons. The second kappa shape index (κ2) is 8.19. The molecule has 12 heteroatoms. The molecule has 0 aliphatic heterocycles. The Balaban J connectivity index is 1.74. The Morgan fingerprint density at radius 3 is 2.47 bits per heavy atom. The zero-order valence-electron chi connectivity index (χ0n) is 17.6. The van der Waals surface area contributed by atoms with E-state index < -0.39 is 22.3 Å². The molecule has 0 aromatic carbocycles. The lowest BCUT2D eigenvalue weighted by molar-refractivity contribution is 0.0992. The molecule has 4 rings (SSSR count). The lowest BCUT2D eigenvalue weighted by Gasteiger charge is -2.15. The average Bonchev–Trinajstić information content (AvgIpc) is 3.44. The normalized spacial score (nSPS) is 12.4. The molecule has 4 aromatic rings. The van der Waals surface area contributed by atoms with Crippen molar-refractivity contribution in [2.75, 3.05) is 5.73 Å². The summed E-state index contributed by atoms with van der Waals surface area (Å²) < 4.78 is 3.31. The zero-order valence-corrected chi connectivity index (χ0v) is 20.1. The van der Waals surface area contributed by atoms with E-state index in [0.29, 0.717) is 15.4 Å². The summed E-state index contributed by atoms with van der Waals surface area (Å²) in [6, 6.07) is 3.88. The van der Waals surface area contributed by atoms with E-state index in [2.05, 4.69) is 4.98 Å². The number of aromatic nitrogens is 4. The van der Waals surface area contributed by atoms with E-state index in [1.165, 1.54) is 30.0 Å². The summed E-state index contributed by atoms with van der Waals surface area (Å²) in [5, 5.41) is 3.98. The van der Waals surface area contributed by atoms with Gasteiger partial charge in [0.1, 0.15) is 16.2 Å². The van der Waals surface area contributed by atoms with Crippen molar-refractivity contribution in [1.29, 1.82) is 0 Å². The maximum absolute atomic E-state index is 13.1. The van der Waals surface area contributed by atoms with E-state index in [4.69, 9.17) is 5.73 Å². The van der Waals surface area contributed by atoms with E-state index in [1.54, 1.807) is 25.3 Å². The standard InChI is InChI=1S/C20H19N5O4S3/c1-9(14(26)13-15(21)23(2)20(29)25(4)18(13)28)32-19-22-16-12(17(27)24(19)3)10(8-31-16)11-6-5-7-30-11/h5-9H,21H2,1-4H3. The van der Waals surface area contributed by atoms with Gasteiger partial charge in [-0.15, -0.1) is 22.7 Å². The van der Waals surface area contributed by atoms with Crippen molar-refractivity contribution in [3.63, 3.8) is 0 Å². The fraction of sp³-hybridized carbons (Fsp3) is 0.250. The van der Waals surface area contributed by atoms with Gasteiger partial charge < -0.3 is 5.73 Å². The van der Waals surface area contributed by atoms with Gasteiger partial charge >= 0.3 is 5.69 Å². The minimum absolute atomic E-state index is 0.188. The highest BCUT2D eigenvalue weighted by atomic mass is 32.2. The first-order valence-corrected chi connectivity index (χ1v) is 12.1. The van der Waals surface area contributed by atoms with Crippen molar-refractivity contribution >= 4 is 56.3 Å². The van der Waals surface area contributed by atoms with Gasteiger partial charge in [0.05, 0.1) is 10.6 Å². The molecule has 0 radical (unpaired) electrons. The van der Waals surface area contributed by atoms with Crippen molar-refractivity contribution in [2.24, 2.45) is 21.1 Å². The Morgan fingerprint density at radius 2 is 1.81 bits per heavy atom. The Labute approximate surface area is 193 Å². The number of carbonyl (C=O) groups excluding carboxylic acids is 1. The summed E-state index contributed by atoms with van der Waals surface area (Å²) in [7, 11) is 4.29. The third kappa shape index (κ3) is 3.44. The smallest absolute Gasteiger partial charge is 0.332 e. The van der Waals surface area contributed by atoms with Crippen LogP contribution in [-0.2, 0) is 21.1 Å². The molecule has 32 heavy (non-hydrogen) atoms. The Bertz CT molecular complexity index is 1540. The molecule has 0 saturated carbocycles. The maximum Gasteiger partial charge on any atom is 0.332 e. The first kappa shape index (κ1) is 22.2. The number of nitrogen functional groups attached to an aromatic ring is 1. The summed E-state index contributed by atoms with van der Waals surface area (Å²) in [6.45, 7) is 1.61. The number of fused-ring (bicyclic) bond motifs is 1. The van der Waals surface area contributed by atoms with E-state index in [-0.39, 0.29) is 16.9 Å². The molecule has 4 heterocycles. The van der Waals surface area contributed by atoms with Gasteiger partial charge in [0, 0.05) is 37.0 Å². The van der Waals surface area contributed by atoms with E-state index in [0.717, 1.165) is 31.3 Å². The van der Waals surface area contributed by atoms with Crippen LogP contribution in [0.25, 0.3) is 20.7 Å². The van der Waals surface area contributed by atoms with Crippen LogP contribution in [0.1, 0.15) is 17.3 Å². The number of ketones is 1. The van der Waals surface area contributed by atoms with Crippen molar-refractivity contribution < 1.29 is 4.79 Å². The number of hydrogen-bond acceptors (Lipinski definition) is 9. The molecule has 0 spiro atoms. The Kier molecular flexibility index (Phi) is 5.69. The highest BCUT2D eigenvalue weighted by Crippen LogP contribution is 2.35. The first-order chi connectivity index (χ1) is 15.1. The number of thioether (sulfide) groups is 1. The molecule has 1 atom stereocenters. The van der Waals surface area contributed by atoms with Crippen LogP contribution in [0.3, 0.4) is 0 Å². The lowest BCUT2D eigenvalue weighted by Crippen LogP contribution is -2.42. The molecular formula is C20H19N5O4S3. The molecule has 1 unspecified atom stereocenters. The third-order valence-electron chi connectivity index (χ3n) is 5.17. The van der Waals surface area contributed by atoms with Gasteiger partial charge in [-0.25, -0.2) is 9.78 Å². The molecule has 0 saturated heterocycles. The van der Waals surface area contributed by atoms with Gasteiger partial charge in [0.25, 0.3) is 11.1 Å². The second-order valence-corrected chi connectivity index (χ2v) is 10.3. The third-order valence-corrected chi connectivity index (χ3v) is 8.09. The number of carbonyl (C=O) groups is 1. The number of nitrogens with two attached hydrogens (primary N) is 1. The molecule has 0 bridgehead atoms. The maximum atomic E-state index is 13.1. The number of anilines is 1. The predicted molar refractivity (Wildman–Crippen MR) is 129 cm³/mol. The van der Waals surface area contributed by atoms with Crippen LogP contribution >= 0.6 is 34.4 Å². The van der Waals surface area contributed by atoms with Crippen molar-refractivity contribution in [1.82, 2.24) is 18.7 Å². The van der Waals surface area contributed by atoms with Gasteiger partial charge in [0.15, 0.2) is 10.9 Å². The Hall–Kier alpha value is -2.96. The molecule has 0 aliphatic carbocycles. The number of hydrogen-bond donors (Lipinski definition) is 1. The van der Waals surface area contributed by atoms with Gasteiger partial charge in [0.2, 0.25) is 0 Å². The lowest BCUT2D eigenvalue weighted by atomic mass is 10.1. The summed E-state index contributed by atoms with van der Waals surface area (Å²) in [5.74, 6) is -0.727. The van der Waals surface area contributed by atoms with Crippen LogP contribution in [-0.4, -0.2) is 29.7 Å². The average molecular weight is 490 g/mol.